The maximum atomic E-state index is 13.0. The highest BCUT2D eigenvalue weighted by atomic mass is 32.2. The number of hydrogen-bond donors (Lipinski definition) is 0. The van der Waals surface area contributed by atoms with E-state index in [1.54, 1.807) is 29.2 Å². The van der Waals surface area contributed by atoms with E-state index >= 15 is 0 Å². The van der Waals surface area contributed by atoms with Gasteiger partial charge in [-0.1, -0.05) is 23.9 Å². The summed E-state index contributed by atoms with van der Waals surface area (Å²) >= 11 is 0.410. The standard InChI is InChI=1S/C21H25F2N5O2S/c1-15-14-18(25-21(24-15)28-10-12-30-13-11-28)26-6-8-27(9-7-26)19(29)16-4-2-3-5-17(16)31-20(22)23/h2-5,14,20H,6-13H2,1H3. The fraction of sp³-hybridized carbons (Fsp3) is 0.476. The number of rotatable bonds is 5. The third-order valence-corrected chi connectivity index (χ3v) is 6.14. The van der Waals surface area contributed by atoms with E-state index in [0.717, 1.165) is 24.6 Å². The lowest BCUT2D eigenvalue weighted by atomic mass is 10.2. The molecule has 2 aliphatic rings. The van der Waals surface area contributed by atoms with Gasteiger partial charge in [-0.15, -0.1) is 0 Å². The molecule has 4 rings (SSSR count). The first-order chi connectivity index (χ1) is 15.0. The number of nitrogens with zero attached hydrogens (tertiary/aromatic N) is 5. The first kappa shape index (κ1) is 21.8. The van der Waals surface area contributed by atoms with Crippen molar-refractivity contribution in [3.63, 3.8) is 0 Å². The molecule has 0 spiro atoms. The first-order valence-electron chi connectivity index (χ1n) is 10.3. The number of ether oxygens (including phenoxy) is 1. The van der Waals surface area contributed by atoms with Crippen LogP contribution in [-0.4, -0.2) is 79.0 Å². The number of thioether (sulfide) groups is 1. The van der Waals surface area contributed by atoms with Crippen LogP contribution in [0.25, 0.3) is 0 Å². The summed E-state index contributed by atoms with van der Waals surface area (Å²) in [7, 11) is 0. The molecule has 2 fully saturated rings. The lowest BCUT2D eigenvalue weighted by Gasteiger charge is -2.36. The van der Waals surface area contributed by atoms with Crippen LogP contribution in [-0.2, 0) is 4.74 Å². The van der Waals surface area contributed by atoms with E-state index in [4.69, 9.17) is 9.72 Å². The summed E-state index contributed by atoms with van der Waals surface area (Å²) in [5.41, 5.74) is 1.22. The van der Waals surface area contributed by atoms with Crippen molar-refractivity contribution < 1.29 is 18.3 Å². The summed E-state index contributed by atoms with van der Waals surface area (Å²) in [6.45, 7) is 7.06. The fourth-order valence-electron chi connectivity index (χ4n) is 3.75. The molecule has 1 aromatic heterocycles. The molecule has 0 saturated carbocycles. The zero-order valence-corrected chi connectivity index (χ0v) is 18.2. The lowest BCUT2D eigenvalue weighted by Crippen LogP contribution is -2.49. The summed E-state index contributed by atoms with van der Waals surface area (Å²) in [6, 6.07) is 8.51. The van der Waals surface area contributed by atoms with Gasteiger partial charge in [-0.2, -0.15) is 13.8 Å². The van der Waals surface area contributed by atoms with Crippen LogP contribution in [0.1, 0.15) is 16.1 Å². The van der Waals surface area contributed by atoms with Gasteiger partial charge in [0.1, 0.15) is 5.82 Å². The molecule has 2 aliphatic heterocycles. The van der Waals surface area contributed by atoms with Crippen LogP contribution < -0.4 is 9.80 Å². The Morgan fingerprint density at radius 1 is 1.03 bits per heavy atom. The van der Waals surface area contributed by atoms with E-state index in [0.29, 0.717) is 67.6 Å². The number of aryl methyl sites for hydroxylation is 1. The fourth-order valence-corrected chi connectivity index (χ4v) is 4.39. The van der Waals surface area contributed by atoms with Gasteiger partial charge < -0.3 is 19.4 Å². The number of piperazine rings is 1. The maximum absolute atomic E-state index is 13.0. The van der Waals surface area contributed by atoms with E-state index in [-0.39, 0.29) is 5.91 Å². The lowest BCUT2D eigenvalue weighted by molar-refractivity contribution is 0.0743. The normalized spacial score (nSPS) is 17.4. The Bertz CT molecular complexity index is 918. The number of anilines is 2. The number of carbonyl (C=O) groups excluding carboxylic acids is 1. The zero-order chi connectivity index (χ0) is 21.8. The number of alkyl halides is 2. The molecule has 1 aromatic carbocycles. The molecule has 0 radical (unpaired) electrons. The Hall–Kier alpha value is -2.46. The molecule has 10 heteroatoms. The predicted molar refractivity (Wildman–Crippen MR) is 116 cm³/mol. The Balaban J connectivity index is 1.43. The van der Waals surface area contributed by atoms with Crippen LogP contribution >= 0.6 is 11.8 Å². The number of benzene rings is 1. The number of carbonyl (C=O) groups is 1. The van der Waals surface area contributed by atoms with E-state index in [9.17, 15) is 13.6 Å². The smallest absolute Gasteiger partial charge is 0.288 e. The molecule has 3 heterocycles. The van der Waals surface area contributed by atoms with Crippen molar-refractivity contribution in [1.82, 2.24) is 14.9 Å². The van der Waals surface area contributed by atoms with Crippen LogP contribution in [0.4, 0.5) is 20.5 Å². The average Bonchev–Trinajstić information content (AvgIpc) is 2.79. The number of amides is 1. The number of aromatic nitrogens is 2. The summed E-state index contributed by atoms with van der Waals surface area (Å²) in [5.74, 6) is -1.23. The van der Waals surface area contributed by atoms with Crippen LogP contribution in [0.2, 0.25) is 0 Å². The predicted octanol–water partition coefficient (Wildman–Crippen LogP) is 2.90. The minimum atomic E-state index is -2.56. The zero-order valence-electron chi connectivity index (χ0n) is 17.3. The molecular weight excluding hydrogens is 424 g/mol. The molecule has 1 amide bonds. The molecule has 0 unspecified atom stereocenters. The molecule has 0 bridgehead atoms. The Morgan fingerprint density at radius 2 is 1.74 bits per heavy atom. The van der Waals surface area contributed by atoms with Crippen LogP contribution in [0, 0.1) is 6.92 Å². The van der Waals surface area contributed by atoms with Crippen molar-refractivity contribution in [2.45, 2.75) is 17.6 Å². The van der Waals surface area contributed by atoms with Gasteiger partial charge in [0.15, 0.2) is 0 Å². The van der Waals surface area contributed by atoms with Gasteiger partial charge in [-0.05, 0) is 19.1 Å². The van der Waals surface area contributed by atoms with Crippen molar-refractivity contribution in [2.24, 2.45) is 0 Å². The highest BCUT2D eigenvalue weighted by Gasteiger charge is 2.26. The molecule has 31 heavy (non-hydrogen) atoms. The second-order valence-electron chi connectivity index (χ2n) is 7.42. The van der Waals surface area contributed by atoms with E-state index in [1.165, 1.54) is 0 Å². The molecule has 0 N–H and O–H groups in total. The van der Waals surface area contributed by atoms with Gasteiger partial charge in [0.2, 0.25) is 5.95 Å². The third-order valence-electron chi connectivity index (χ3n) is 5.35. The second kappa shape index (κ2) is 9.78. The van der Waals surface area contributed by atoms with Crippen molar-refractivity contribution in [3.8, 4) is 0 Å². The third kappa shape index (κ3) is 5.24. The van der Waals surface area contributed by atoms with E-state index in [1.807, 2.05) is 13.0 Å². The van der Waals surface area contributed by atoms with Crippen molar-refractivity contribution >= 4 is 29.4 Å². The summed E-state index contributed by atoms with van der Waals surface area (Å²) in [4.78, 5) is 28.6. The minimum absolute atomic E-state index is 0.212. The van der Waals surface area contributed by atoms with Crippen LogP contribution in [0.5, 0.6) is 0 Å². The monoisotopic (exact) mass is 449 g/mol. The molecular formula is C21H25F2N5O2S. The number of morpholine rings is 1. The van der Waals surface area contributed by atoms with Crippen molar-refractivity contribution in [1.29, 1.82) is 0 Å². The summed E-state index contributed by atoms with van der Waals surface area (Å²) < 4.78 is 31.1. The molecule has 2 saturated heterocycles. The number of halogens is 2. The minimum Gasteiger partial charge on any atom is -0.378 e. The van der Waals surface area contributed by atoms with Gasteiger partial charge in [-0.3, -0.25) is 4.79 Å². The largest absolute Gasteiger partial charge is 0.378 e. The van der Waals surface area contributed by atoms with Gasteiger partial charge in [0.05, 0.1) is 18.8 Å². The van der Waals surface area contributed by atoms with Crippen molar-refractivity contribution in [3.05, 3.63) is 41.6 Å². The first-order valence-corrected chi connectivity index (χ1v) is 11.2. The maximum Gasteiger partial charge on any atom is 0.288 e. The highest BCUT2D eigenvalue weighted by molar-refractivity contribution is 7.99. The van der Waals surface area contributed by atoms with E-state index in [2.05, 4.69) is 14.8 Å². The summed E-state index contributed by atoms with van der Waals surface area (Å²) in [6.07, 6.45) is 0. The average molecular weight is 450 g/mol. The Morgan fingerprint density at radius 3 is 2.45 bits per heavy atom. The van der Waals surface area contributed by atoms with Gasteiger partial charge in [0.25, 0.3) is 11.7 Å². The van der Waals surface area contributed by atoms with Gasteiger partial charge in [0, 0.05) is 55.9 Å². The second-order valence-corrected chi connectivity index (χ2v) is 8.45. The molecule has 7 nitrogen and oxygen atoms in total. The molecule has 0 aliphatic carbocycles. The Labute approximate surface area is 184 Å². The Kier molecular flexibility index (Phi) is 6.86. The van der Waals surface area contributed by atoms with Crippen LogP contribution in [0.3, 0.4) is 0 Å². The SMILES string of the molecule is Cc1cc(N2CCN(C(=O)c3ccccc3SC(F)F)CC2)nc(N2CCOCC2)n1. The topological polar surface area (TPSA) is 61.8 Å². The molecule has 2 aromatic rings. The van der Waals surface area contributed by atoms with E-state index < -0.39 is 5.76 Å². The number of hydrogen-bond acceptors (Lipinski definition) is 7. The van der Waals surface area contributed by atoms with Crippen LogP contribution in [0.15, 0.2) is 35.2 Å². The quantitative estimate of drug-likeness (QED) is 0.651. The van der Waals surface area contributed by atoms with Crippen molar-refractivity contribution in [2.75, 3.05) is 62.3 Å². The van der Waals surface area contributed by atoms with Gasteiger partial charge >= 0.3 is 0 Å². The summed E-state index contributed by atoms with van der Waals surface area (Å²) in [5, 5.41) is 0. The highest BCUT2D eigenvalue weighted by Crippen LogP contribution is 2.29. The molecule has 0 atom stereocenters. The molecule has 166 valence electrons. The van der Waals surface area contributed by atoms with Gasteiger partial charge in [-0.25, -0.2) is 4.98 Å².